The van der Waals surface area contributed by atoms with Crippen molar-refractivity contribution < 1.29 is 4.79 Å². The summed E-state index contributed by atoms with van der Waals surface area (Å²) < 4.78 is 0. The first-order chi connectivity index (χ1) is 6.79. The molecule has 0 aromatic rings. The first-order valence-electron chi connectivity index (χ1n) is 5.34. The number of carbonyl (C=O) groups excluding carboxylic acids is 1. The number of ketones is 1. The maximum absolute atomic E-state index is 11.7. The minimum atomic E-state index is 0.192. The number of Topliss-reactive ketones (excluding diaryl/α,β-unsaturated/α-hetero) is 1. The Hall–Kier alpha value is -0.560. The lowest BCUT2D eigenvalue weighted by atomic mass is 9.76. The highest BCUT2D eigenvalue weighted by atomic mass is 35.5. The van der Waals surface area contributed by atoms with E-state index in [0.717, 1.165) is 30.7 Å². The molecule has 0 heterocycles. The predicted molar refractivity (Wildman–Crippen MR) is 58.1 cm³/mol. The van der Waals surface area contributed by atoms with E-state index in [1.807, 2.05) is 12.2 Å². The molecule has 2 aliphatic carbocycles. The number of carbonyl (C=O) groups is 1. The topological polar surface area (TPSA) is 17.1 Å². The van der Waals surface area contributed by atoms with Crippen LogP contribution in [0.5, 0.6) is 0 Å². The van der Waals surface area contributed by atoms with Crippen molar-refractivity contribution in [2.24, 2.45) is 11.8 Å². The average molecular weight is 211 g/mol. The Bertz CT molecular complexity index is 291. The van der Waals surface area contributed by atoms with Crippen LogP contribution in [0.25, 0.3) is 0 Å². The minimum Gasteiger partial charge on any atom is -0.299 e. The fourth-order valence-electron chi connectivity index (χ4n) is 2.41. The van der Waals surface area contributed by atoms with Gasteiger partial charge in [-0.2, -0.15) is 0 Å². The molecule has 14 heavy (non-hydrogen) atoms. The van der Waals surface area contributed by atoms with E-state index in [9.17, 15) is 4.79 Å². The molecule has 76 valence electrons. The summed E-state index contributed by atoms with van der Waals surface area (Å²) in [6.07, 6.45) is 11.0. The van der Waals surface area contributed by atoms with E-state index >= 15 is 0 Å². The van der Waals surface area contributed by atoms with E-state index in [0.29, 0.717) is 5.78 Å². The fourth-order valence-corrected chi connectivity index (χ4v) is 2.73. The van der Waals surface area contributed by atoms with Crippen LogP contribution in [0.15, 0.2) is 23.3 Å². The lowest BCUT2D eigenvalue weighted by Crippen LogP contribution is -2.27. The van der Waals surface area contributed by atoms with Gasteiger partial charge in [-0.25, -0.2) is 0 Å². The molecule has 0 amide bonds. The largest absolute Gasteiger partial charge is 0.299 e. The molecule has 1 saturated carbocycles. The molecular formula is C12H15ClO. The van der Waals surface area contributed by atoms with E-state index in [2.05, 4.69) is 6.08 Å². The summed E-state index contributed by atoms with van der Waals surface area (Å²) in [4.78, 5) is 11.7. The van der Waals surface area contributed by atoms with Gasteiger partial charge in [-0.05, 0) is 25.3 Å². The monoisotopic (exact) mass is 210 g/mol. The molecule has 2 heteroatoms. The van der Waals surface area contributed by atoms with Gasteiger partial charge in [0.15, 0.2) is 0 Å². The van der Waals surface area contributed by atoms with Gasteiger partial charge in [0.2, 0.25) is 0 Å². The molecule has 0 saturated heterocycles. The van der Waals surface area contributed by atoms with E-state index in [-0.39, 0.29) is 11.8 Å². The number of hydrogen-bond donors (Lipinski definition) is 0. The predicted octanol–water partition coefficient (Wildman–Crippen LogP) is 3.44. The number of halogens is 1. The van der Waals surface area contributed by atoms with Crippen molar-refractivity contribution in [2.45, 2.75) is 32.1 Å². The van der Waals surface area contributed by atoms with Crippen LogP contribution < -0.4 is 0 Å². The second kappa shape index (κ2) is 4.31. The van der Waals surface area contributed by atoms with Crippen LogP contribution in [0.4, 0.5) is 0 Å². The lowest BCUT2D eigenvalue weighted by Gasteiger charge is -2.29. The summed E-state index contributed by atoms with van der Waals surface area (Å²) in [5.41, 5.74) is 0. The molecule has 2 atom stereocenters. The number of allylic oxidation sites excluding steroid dienone is 4. The third-order valence-electron chi connectivity index (χ3n) is 3.22. The average Bonchev–Trinajstić information content (AvgIpc) is 2.20. The van der Waals surface area contributed by atoms with Gasteiger partial charge in [-0.15, -0.1) is 0 Å². The normalized spacial score (nSPS) is 32.9. The van der Waals surface area contributed by atoms with Gasteiger partial charge < -0.3 is 0 Å². The summed E-state index contributed by atoms with van der Waals surface area (Å²) in [6.45, 7) is 0. The van der Waals surface area contributed by atoms with Crippen LogP contribution in [-0.4, -0.2) is 5.78 Å². The molecule has 0 N–H and O–H groups in total. The molecule has 1 fully saturated rings. The lowest BCUT2D eigenvalue weighted by molar-refractivity contribution is -0.125. The summed E-state index contributed by atoms with van der Waals surface area (Å²) in [5.74, 6) is 0.884. The quantitative estimate of drug-likeness (QED) is 0.648. The number of hydrogen-bond acceptors (Lipinski definition) is 1. The van der Waals surface area contributed by atoms with Gasteiger partial charge in [0.05, 0.1) is 0 Å². The molecular weight excluding hydrogens is 196 g/mol. The maximum atomic E-state index is 11.7. The van der Waals surface area contributed by atoms with E-state index < -0.39 is 0 Å². The number of rotatable bonds is 1. The first kappa shape index (κ1) is 9.97. The van der Waals surface area contributed by atoms with Crippen LogP contribution in [0, 0.1) is 11.8 Å². The van der Waals surface area contributed by atoms with Crippen molar-refractivity contribution in [3.63, 3.8) is 0 Å². The van der Waals surface area contributed by atoms with Gasteiger partial charge in [0, 0.05) is 23.3 Å². The molecule has 0 aliphatic heterocycles. The standard InChI is InChI=1S/C12H15ClO/c13-11-7-3-1-5-9(11)10-6-2-4-8-12(10)14/h1,3,7,9-10H,2,4-6,8H2/t9?,10-/m0/s1. The van der Waals surface area contributed by atoms with Crippen LogP contribution in [0.3, 0.4) is 0 Å². The van der Waals surface area contributed by atoms with Crippen molar-refractivity contribution in [3.05, 3.63) is 23.3 Å². The van der Waals surface area contributed by atoms with Crippen molar-refractivity contribution in [1.29, 1.82) is 0 Å². The summed E-state index contributed by atoms with van der Waals surface area (Å²) >= 11 is 6.14. The zero-order valence-electron chi connectivity index (χ0n) is 8.21. The molecule has 1 unspecified atom stereocenters. The zero-order valence-corrected chi connectivity index (χ0v) is 8.96. The van der Waals surface area contributed by atoms with Crippen molar-refractivity contribution in [2.75, 3.05) is 0 Å². The van der Waals surface area contributed by atoms with E-state index in [1.54, 1.807) is 0 Å². The molecule has 1 nitrogen and oxygen atoms in total. The molecule has 0 aromatic heterocycles. The smallest absolute Gasteiger partial charge is 0.136 e. The van der Waals surface area contributed by atoms with Gasteiger partial charge in [-0.3, -0.25) is 4.79 Å². The summed E-state index contributed by atoms with van der Waals surface area (Å²) in [5, 5.41) is 0.868. The van der Waals surface area contributed by atoms with Crippen molar-refractivity contribution in [1.82, 2.24) is 0 Å². The van der Waals surface area contributed by atoms with Gasteiger partial charge in [-0.1, -0.05) is 30.2 Å². The second-order valence-corrected chi connectivity index (χ2v) is 4.58. The SMILES string of the molecule is O=C1CCCC[C@H]1C1CC=CC=C1Cl. The Labute approximate surface area is 89.8 Å². The van der Waals surface area contributed by atoms with E-state index in [4.69, 9.17) is 11.6 Å². The maximum Gasteiger partial charge on any atom is 0.136 e. The molecule has 0 radical (unpaired) electrons. The Balaban J connectivity index is 2.10. The van der Waals surface area contributed by atoms with Gasteiger partial charge >= 0.3 is 0 Å². The zero-order chi connectivity index (χ0) is 9.97. The van der Waals surface area contributed by atoms with Crippen LogP contribution >= 0.6 is 11.6 Å². The molecule has 0 spiro atoms. The highest BCUT2D eigenvalue weighted by Gasteiger charge is 2.31. The van der Waals surface area contributed by atoms with Crippen molar-refractivity contribution in [3.8, 4) is 0 Å². The molecule has 0 bridgehead atoms. The highest BCUT2D eigenvalue weighted by molar-refractivity contribution is 6.30. The third kappa shape index (κ3) is 1.93. The second-order valence-electron chi connectivity index (χ2n) is 4.14. The molecule has 2 rings (SSSR count). The molecule has 2 aliphatic rings. The summed E-state index contributed by atoms with van der Waals surface area (Å²) in [7, 11) is 0. The van der Waals surface area contributed by atoms with Crippen molar-refractivity contribution >= 4 is 17.4 Å². The Morgan fingerprint density at radius 1 is 1.29 bits per heavy atom. The van der Waals surface area contributed by atoms with Crippen LogP contribution in [0.1, 0.15) is 32.1 Å². The summed E-state index contributed by atoms with van der Waals surface area (Å²) in [6, 6.07) is 0. The van der Waals surface area contributed by atoms with Crippen LogP contribution in [0.2, 0.25) is 0 Å². The minimum absolute atomic E-state index is 0.192. The van der Waals surface area contributed by atoms with Gasteiger partial charge in [0.25, 0.3) is 0 Å². The Kier molecular flexibility index (Phi) is 3.07. The molecule has 0 aromatic carbocycles. The van der Waals surface area contributed by atoms with Crippen LogP contribution in [-0.2, 0) is 4.79 Å². The van der Waals surface area contributed by atoms with Gasteiger partial charge in [0.1, 0.15) is 5.78 Å². The van der Waals surface area contributed by atoms with E-state index in [1.165, 1.54) is 6.42 Å². The highest BCUT2D eigenvalue weighted by Crippen LogP contribution is 2.37. The Morgan fingerprint density at radius 3 is 2.86 bits per heavy atom. The first-order valence-corrected chi connectivity index (χ1v) is 5.72. The Morgan fingerprint density at radius 2 is 2.14 bits per heavy atom. The fraction of sp³-hybridized carbons (Fsp3) is 0.583. The third-order valence-corrected chi connectivity index (χ3v) is 3.63.